The zero-order valence-corrected chi connectivity index (χ0v) is 90.9. The lowest BCUT2D eigenvalue weighted by Crippen LogP contribution is -2.51. The molecule has 12 nitrogen and oxygen atoms in total. The summed E-state index contributed by atoms with van der Waals surface area (Å²) >= 11 is 0. The van der Waals surface area contributed by atoms with Crippen LogP contribution in [-0.2, 0) is 28.2 Å². The molecule has 0 aliphatic rings. The van der Waals surface area contributed by atoms with Crippen LogP contribution in [0.3, 0.4) is 0 Å². The molecule has 0 amide bonds. The summed E-state index contributed by atoms with van der Waals surface area (Å²) < 4.78 is 36.3. The molecule has 12 aromatic carbocycles. The lowest BCUT2D eigenvalue weighted by atomic mass is 9.94. The number of aryl methyl sites for hydroxylation is 10. The maximum atomic E-state index is 7.97. The van der Waals surface area contributed by atoms with E-state index in [1.165, 1.54) is 77.8 Å². The summed E-state index contributed by atoms with van der Waals surface area (Å²) in [7, 11) is 3.91. The van der Waals surface area contributed by atoms with Crippen LogP contribution in [0.2, 0.25) is 58.9 Å². The van der Waals surface area contributed by atoms with Crippen molar-refractivity contribution in [1.82, 2.24) is 0 Å². The summed E-state index contributed by atoms with van der Waals surface area (Å²) in [5, 5.41) is 13.2. The molecule has 0 N–H and O–H groups in total. The number of aromatic nitrogens is 4. The molecular formula is C127H128N8O4Si3+4. The lowest BCUT2D eigenvalue weighted by molar-refractivity contribution is -0.667. The van der Waals surface area contributed by atoms with Gasteiger partial charge in [-0.3, -0.25) is 0 Å². The fraction of sp³-hybridized carbons (Fsp3) is 0.244. The highest BCUT2D eigenvalue weighted by Crippen LogP contribution is 2.52. The highest BCUT2D eigenvalue weighted by atomic mass is 28.3. The van der Waals surface area contributed by atoms with Crippen LogP contribution in [0.25, 0.3) is 197 Å². The van der Waals surface area contributed by atoms with E-state index < -0.39 is 24.2 Å². The molecule has 708 valence electrons. The van der Waals surface area contributed by atoms with Crippen LogP contribution in [0.1, 0.15) is 118 Å². The van der Waals surface area contributed by atoms with Crippen LogP contribution in [0.5, 0.6) is 0 Å². The van der Waals surface area contributed by atoms with Crippen molar-refractivity contribution in [2.75, 3.05) is 0 Å². The van der Waals surface area contributed by atoms with E-state index in [0.717, 1.165) is 188 Å². The quantitative estimate of drug-likeness (QED) is 0.0654. The number of furan rings is 4. The fourth-order valence-corrected chi connectivity index (χ4v) is 29.2. The van der Waals surface area contributed by atoms with Gasteiger partial charge in [-0.2, -0.15) is 13.7 Å². The number of nitrogens with zero attached hydrogens (tertiary/aromatic N) is 8. The van der Waals surface area contributed by atoms with Gasteiger partial charge >= 0.3 is 0 Å². The summed E-state index contributed by atoms with van der Waals surface area (Å²) in [4.78, 5) is 15.6. The number of hydrogen-bond donors (Lipinski definition) is 0. The summed E-state index contributed by atoms with van der Waals surface area (Å²) in [5.74, 6) is 0.891. The predicted molar refractivity (Wildman–Crippen MR) is 602 cm³/mol. The first-order valence-corrected chi connectivity index (χ1v) is 59.8. The molecule has 0 aliphatic heterocycles. The van der Waals surface area contributed by atoms with Gasteiger partial charge in [0.05, 0.1) is 72.8 Å². The molecule has 0 fully saturated rings. The van der Waals surface area contributed by atoms with E-state index in [2.05, 4.69) is 354 Å². The van der Waals surface area contributed by atoms with Crippen molar-refractivity contribution in [3.63, 3.8) is 0 Å². The first-order chi connectivity index (χ1) is 67.5. The second kappa shape index (κ2) is 38.2. The van der Waals surface area contributed by atoms with Crippen LogP contribution < -0.4 is 33.8 Å². The van der Waals surface area contributed by atoms with Crippen LogP contribution in [-0.4, -0.2) is 24.2 Å². The minimum atomic E-state index is -1.63. The van der Waals surface area contributed by atoms with E-state index in [-0.39, 0.29) is 0 Å². The Balaban J connectivity index is 0.000000131. The van der Waals surface area contributed by atoms with Crippen molar-refractivity contribution >= 4 is 150 Å². The Kier molecular flexibility index (Phi) is 26.6. The summed E-state index contributed by atoms with van der Waals surface area (Å²) in [6.07, 6.45) is 2.07. The molecular weight excluding hydrogens is 1790 g/mol. The molecule has 0 unspecified atom stereocenters. The molecule has 8 heterocycles. The van der Waals surface area contributed by atoms with Crippen LogP contribution in [0.4, 0.5) is 22.7 Å². The molecule has 0 saturated carbocycles. The second-order valence-corrected chi connectivity index (χ2v) is 57.6. The molecule has 20 aromatic rings. The topological polar surface area (TPSA) is 85.5 Å². The molecule has 0 atom stereocenters. The third kappa shape index (κ3) is 17.2. The van der Waals surface area contributed by atoms with Gasteiger partial charge in [-0.1, -0.05) is 287 Å². The number of hydrogen-bond acceptors (Lipinski definition) is 4. The third-order valence-electron chi connectivity index (χ3n) is 29.1. The normalized spacial score (nSPS) is 11.8. The van der Waals surface area contributed by atoms with E-state index in [0.29, 0.717) is 34.6 Å². The summed E-state index contributed by atoms with van der Waals surface area (Å²) in [6, 6.07) is 79.6. The summed E-state index contributed by atoms with van der Waals surface area (Å²) in [5.41, 5.74) is 43.0. The zero-order chi connectivity index (χ0) is 102. The lowest BCUT2D eigenvalue weighted by Gasteiger charge is -2.24. The van der Waals surface area contributed by atoms with Gasteiger partial charge in [-0.15, -0.1) is 0 Å². The molecule has 0 bridgehead atoms. The van der Waals surface area contributed by atoms with Gasteiger partial charge in [0.2, 0.25) is 39.8 Å². The van der Waals surface area contributed by atoms with Gasteiger partial charge in [0, 0.05) is 132 Å². The molecule has 142 heavy (non-hydrogen) atoms. The molecule has 20 rings (SSSR count). The SMILES string of the molecule is [C-]#[N+]c1c(C)cc2c(oc3c(-c4cc(C(C)C)c([Si](C)(C)C)c(C)[n+]4C)c(C)ccc32)c1-c1ccccc1.[C-]#[N+]c1c(C)cc2c(oc3c(-c4cc(C)c([Si](C)(C)C)c(C)[n+]4C)c(C)ccc32)c1-c1ccccc1.[C-]#[N+]c1c(C)cc2c(oc3c(-c4cc([Si](C)(C)C)c(C(C)C)c(C)[n+]4C)c(C)ccc32)c1-c1ccccc1.[C-]#[N+]c1ccc2c(oc3c(-c4c(C)ccc[n+]4C)c(C)ccc32)c1-c1ccccc1. The molecule has 0 radical (unpaired) electrons. The van der Waals surface area contributed by atoms with Crippen LogP contribution >= 0.6 is 0 Å². The Morgan fingerprint density at radius 3 is 0.930 bits per heavy atom. The Morgan fingerprint density at radius 1 is 0.268 bits per heavy atom. The van der Waals surface area contributed by atoms with Gasteiger partial charge in [-0.25, -0.2) is 23.9 Å². The minimum Gasteiger partial charge on any atom is -0.456 e. The second-order valence-electron chi connectivity index (χ2n) is 42.5. The van der Waals surface area contributed by atoms with Gasteiger partial charge in [0.25, 0.3) is 0 Å². The average Bonchev–Trinajstić information content (AvgIpc) is 1.57. The number of pyridine rings is 4. The Labute approximate surface area is 840 Å². The van der Waals surface area contributed by atoms with Crippen molar-refractivity contribution in [3.05, 3.63) is 361 Å². The largest absolute Gasteiger partial charge is 0.456 e. The maximum absolute atomic E-state index is 7.97. The van der Waals surface area contributed by atoms with Crippen molar-refractivity contribution in [2.45, 2.75) is 182 Å². The first kappa shape index (κ1) is 98.6. The van der Waals surface area contributed by atoms with Crippen LogP contribution in [0, 0.1) is 109 Å². The highest BCUT2D eigenvalue weighted by molar-refractivity contribution is 6.90. The molecule has 0 aliphatic carbocycles. The van der Waals surface area contributed by atoms with Gasteiger partial charge in [0.15, 0.2) is 29.0 Å². The molecule has 8 aromatic heterocycles. The molecule has 0 spiro atoms. The van der Waals surface area contributed by atoms with Crippen molar-refractivity contribution in [1.29, 1.82) is 0 Å². The van der Waals surface area contributed by atoms with Crippen LogP contribution in [0.15, 0.2) is 254 Å². The van der Waals surface area contributed by atoms with Crippen molar-refractivity contribution in [3.8, 4) is 89.5 Å². The highest BCUT2D eigenvalue weighted by Gasteiger charge is 2.38. The van der Waals surface area contributed by atoms with Gasteiger partial charge < -0.3 is 17.7 Å². The Bertz CT molecular complexity index is 8720. The van der Waals surface area contributed by atoms with Gasteiger partial charge in [0.1, 0.15) is 72.9 Å². The number of fused-ring (bicyclic) bond motifs is 12. The van der Waals surface area contributed by atoms with E-state index in [1.54, 1.807) is 5.19 Å². The van der Waals surface area contributed by atoms with Gasteiger partial charge in [-0.05, 0) is 158 Å². The third-order valence-corrected chi connectivity index (χ3v) is 35.5. The van der Waals surface area contributed by atoms with E-state index in [1.807, 2.05) is 118 Å². The number of benzene rings is 12. The fourth-order valence-electron chi connectivity index (χ4n) is 22.4. The average molecular weight is 1910 g/mol. The van der Waals surface area contributed by atoms with E-state index in [4.69, 9.17) is 44.0 Å². The number of rotatable bonds is 13. The Morgan fingerprint density at radius 2 is 0.585 bits per heavy atom. The van der Waals surface area contributed by atoms with Crippen molar-refractivity contribution in [2.24, 2.45) is 28.2 Å². The van der Waals surface area contributed by atoms with Crippen molar-refractivity contribution < 1.29 is 35.9 Å². The first-order valence-electron chi connectivity index (χ1n) is 49.3. The zero-order valence-electron chi connectivity index (χ0n) is 87.9. The van der Waals surface area contributed by atoms with E-state index in [9.17, 15) is 0 Å². The standard InChI is InChI=1S/2C34H37N2OSi.C32H33N2OSi.C27H21N2O/c1-20(2)26-19-28(36(7)23(5)34(26)38(8,9)10)29-21(3)16-17-25-27-18-22(4)31(35-6)30(33(27)37-32(25)29)24-14-12-11-13-15-24;1-20(2)29-23(5)36(7)27(19-28(29)38(8,9)10)30-21(3)16-17-25-26-18-22(4)32(35-6)31(34(26)37-33(25)30)24-14-12-11-13-15-24;1-19-15-16-24-25-17-20(2)29(33-5)28(23-13-11-10-12-14-23)31(25)35-30(24)27(19)26-18-21(3)32(36(7,8)9)22(4)34(26)6;1-17-12-13-20-21-14-15-22(28-3)24(19-10-6-5-7-11-19)27(21)30-26(20)23(17)25-18(2)9-8-16-29(25)4/h2*11-20H,1-5,7-10H3;10-18H,1-4,6-9H3;5-16H,1-2,4H3/q4*+1. The molecule has 0 saturated heterocycles. The monoisotopic (exact) mass is 1910 g/mol. The smallest absolute Gasteiger partial charge is 0.219 e. The Hall–Kier alpha value is -14.9. The molecule has 15 heteroatoms. The van der Waals surface area contributed by atoms with E-state index >= 15 is 0 Å². The maximum Gasteiger partial charge on any atom is 0.219 e. The minimum absolute atomic E-state index is 0.430. The summed E-state index contributed by atoms with van der Waals surface area (Å²) in [6.45, 7) is 88.5. The predicted octanol–water partition coefficient (Wildman–Crippen LogP) is 32.8.